The van der Waals surface area contributed by atoms with Crippen LogP contribution in [-0.4, -0.2) is 16.1 Å². The Morgan fingerprint density at radius 2 is 2.12 bits per heavy atom. The van der Waals surface area contributed by atoms with Crippen molar-refractivity contribution in [1.29, 1.82) is 0 Å². The Labute approximate surface area is 103 Å². The van der Waals surface area contributed by atoms with E-state index in [1.165, 1.54) is 11.1 Å². The maximum absolute atomic E-state index is 5.66. The minimum absolute atomic E-state index is 0.616. The summed E-state index contributed by atoms with van der Waals surface area (Å²) in [5.41, 5.74) is 9.24. The summed E-state index contributed by atoms with van der Waals surface area (Å²) in [7, 11) is 0. The number of fused-ring (bicyclic) bond motifs is 1. The van der Waals surface area contributed by atoms with Crippen molar-refractivity contribution in [2.75, 3.05) is 6.54 Å². The largest absolute Gasteiger partial charge is 0.330 e. The lowest BCUT2D eigenvalue weighted by atomic mass is 10.2. The van der Waals surface area contributed by atoms with E-state index in [2.05, 4.69) is 43.5 Å². The third kappa shape index (κ3) is 2.50. The van der Waals surface area contributed by atoms with E-state index < -0.39 is 0 Å². The molecule has 1 aromatic carbocycles. The predicted molar refractivity (Wildman–Crippen MR) is 72.1 cm³/mol. The van der Waals surface area contributed by atoms with E-state index in [-0.39, 0.29) is 0 Å². The highest BCUT2D eigenvalue weighted by molar-refractivity contribution is 5.76. The predicted octanol–water partition coefficient (Wildman–Crippen LogP) is 2.50. The molecule has 0 aliphatic heterocycles. The van der Waals surface area contributed by atoms with Crippen molar-refractivity contribution in [3.63, 3.8) is 0 Å². The van der Waals surface area contributed by atoms with Gasteiger partial charge in [-0.05, 0) is 37.1 Å². The zero-order chi connectivity index (χ0) is 12.4. The van der Waals surface area contributed by atoms with Gasteiger partial charge < -0.3 is 10.3 Å². The van der Waals surface area contributed by atoms with Gasteiger partial charge in [0.1, 0.15) is 5.82 Å². The Morgan fingerprint density at radius 3 is 2.76 bits per heavy atom. The quantitative estimate of drug-likeness (QED) is 0.878. The first-order valence-corrected chi connectivity index (χ1v) is 6.27. The van der Waals surface area contributed by atoms with Crippen LogP contribution >= 0.6 is 0 Å². The third-order valence-corrected chi connectivity index (χ3v) is 2.90. The summed E-state index contributed by atoms with van der Waals surface area (Å²) in [6.45, 7) is 8.22. The number of imidazole rings is 1. The lowest BCUT2D eigenvalue weighted by Gasteiger charge is -2.11. The first-order chi connectivity index (χ1) is 8.11. The van der Waals surface area contributed by atoms with Gasteiger partial charge in [-0.1, -0.05) is 19.9 Å². The van der Waals surface area contributed by atoms with Gasteiger partial charge in [-0.15, -0.1) is 0 Å². The summed E-state index contributed by atoms with van der Waals surface area (Å²) in [6, 6.07) is 6.46. The van der Waals surface area contributed by atoms with Crippen LogP contribution in [-0.2, 0) is 13.0 Å². The van der Waals surface area contributed by atoms with E-state index in [9.17, 15) is 0 Å². The number of nitrogens with two attached hydrogens (primary N) is 1. The van der Waals surface area contributed by atoms with Crippen molar-refractivity contribution in [2.45, 2.75) is 33.7 Å². The molecule has 0 atom stereocenters. The number of benzene rings is 1. The van der Waals surface area contributed by atoms with Gasteiger partial charge in [-0.3, -0.25) is 0 Å². The summed E-state index contributed by atoms with van der Waals surface area (Å²) >= 11 is 0. The van der Waals surface area contributed by atoms with Crippen LogP contribution in [0.5, 0.6) is 0 Å². The molecular weight excluding hydrogens is 210 g/mol. The highest BCUT2D eigenvalue weighted by Gasteiger charge is 2.11. The molecule has 0 aliphatic carbocycles. The van der Waals surface area contributed by atoms with E-state index in [0.717, 1.165) is 24.3 Å². The molecule has 0 unspecified atom stereocenters. The summed E-state index contributed by atoms with van der Waals surface area (Å²) in [5.74, 6) is 1.73. The molecule has 0 spiro atoms. The maximum atomic E-state index is 5.66. The van der Waals surface area contributed by atoms with Gasteiger partial charge in [0.05, 0.1) is 11.0 Å². The highest BCUT2D eigenvalue weighted by atomic mass is 15.1. The molecule has 0 saturated heterocycles. The van der Waals surface area contributed by atoms with Gasteiger partial charge in [-0.25, -0.2) is 4.98 Å². The molecule has 3 nitrogen and oxygen atoms in total. The molecule has 1 aromatic heterocycles. The van der Waals surface area contributed by atoms with E-state index in [0.29, 0.717) is 12.5 Å². The number of hydrogen-bond donors (Lipinski definition) is 1. The molecule has 3 heteroatoms. The number of hydrogen-bond acceptors (Lipinski definition) is 2. The van der Waals surface area contributed by atoms with Gasteiger partial charge >= 0.3 is 0 Å². The van der Waals surface area contributed by atoms with Gasteiger partial charge in [0.25, 0.3) is 0 Å². The molecule has 17 heavy (non-hydrogen) atoms. The zero-order valence-corrected chi connectivity index (χ0v) is 10.9. The average molecular weight is 231 g/mol. The van der Waals surface area contributed by atoms with Crippen LogP contribution in [0.4, 0.5) is 0 Å². The van der Waals surface area contributed by atoms with Crippen molar-refractivity contribution < 1.29 is 0 Å². The zero-order valence-electron chi connectivity index (χ0n) is 10.9. The fourth-order valence-corrected chi connectivity index (χ4v) is 2.18. The van der Waals surface area contributed by atoms with Crippen LogP contribution in [0.15, 0.2) is 18.2 Å². The molecule has 0 aliphatic rings. The number of aryl methyl sites for hydroxylation is 1. The Hall–Kier alpha value is -1.35. The van der Waals surface area contributed by atoms with Gasteiger partial charge in [0.2, 0.25) is 0 Å². The highest BCUT2D eigenvalue weighted by Crippen LogP contribution is 2.19. The molecule has 0 amide bonds. The monoisotopic (exact) mass is 231 g/mol. The second kappa shape index (κ2) is 4.88. The topological polar surface area (TPSA) is 43.8 Å². The molecular formula is C14H21N3. The van der Waals surface area contributed by atoms with E-state index in [1.54, 1.807) is 0 Å². The van der Waals surface area contributed by atoms with E-state index in [1.807, 2.05) is 0 Å². The minimum atomic E-state index is 0.616. The Bertz CT molecular complexity index is 511. The van der Waals surface area contributed by atoms with Gasteiger partial charge in [-0.2, -0.15) is 0 Å². The molecule has 0 saturated carbocycles. The number of rotatable bonds is 4. The Morgan fingerprint density at radius 1 is 1.35 bits per heavy atom. The van der Waals surface area contributed by atoms with Crippen molar-refractivity contribution >= 4 is 11.0 Å². The molecule has 0 bridgehead atoms. The average Bonchev–Trinajstić information content (AvgIpc) is 2.56. The fraction of sp³-hybridized carbons (Fsp3) is 0.500. The normalized spacial score (nSPS) is 11.6. The lowest BCUT2D eigenvalue weighted by Crippen LogP contribution is -2.12. The molecule has 2 N–H and O–H groups in total. The number of aromatic nitrogens is 2. The molecule has 1 heterocycles. The molecule has 2 rings (SSSR count). The van der Waals surface area contributed by atoms with Crippen LogP contribution in [0.3, 0.4) is 0 Å². The Balaban J connectivity index is 2.54. The lowest BCUT2D eigenvalue weighted by molar-refractivity contribution is 0.517. The first-order valence-electron chi connectivity index (χ1n) is 6.27. The first kappa shape index (κ1) is 12.1. The Kier molecular flexibility index (Phi) is 3.48. The van der Waals surface area contributed by atoms with Gasteiger partial charge in [0.15, 0.2) is 0 Å². The standard InChI is InChI=1S/C14H21N3/c1-10(2)9-17-13-5-4-11(3)8-12(13)16-14(17)6-7-15/h4-5,8,10H,6-7,9,15H2,1-3H3. The van der Waals surface area contributed by atoms with Crippen molar-refractivity contribution in [1.82, 2.24) is 9.55 Å². The molecule has 0 radical (unpaired) electrons. The second-order valence-electron chi connectivity index (χ2n) is 5.06. The maximum Gasteiger partial charge on any atom is 0.111 e. The van der Waals surface area contributed by atoms with Crippen LogP contribution in [0.2, 0.25) is 0 Å². The van der Waals surface area contributed by atoms with E-state index >= 15 is 0 Å². The summed E-state index contributed by atoms with van der Waals surface area (Å²) in [4.78, 5) is 4.70. The summed E-state index contributed by atoms with van der Waals surface area (Å²) in [6.07, 6.45) is 0.848. The van der Waals surface area contributed by atoms with Gasteiger partial charge in [0, 0.05) is 13.0 Å². The van der Waals surface area contributed by atoms with Crippen LogP contribution in [0.25, 0.3) is 11.0 Å². The number of nitrogens with zero attached hydrogens (tertiary/aromatic N) is 2. The van der Waals surface area contributed by atoms with Crippen molar-refractivity contribution in [3.8, 4) is 0 Å². The SMILES string of the molecule is Cc1ccc2c(c1)nc(CCN)n2CC(C)C. The second-order valence-corrected chi connectivity index (χ2v) is 5.06. The fourth-order valence-electron chi connectivity index (χ4n) is 2.18. The summed E-state index contributed by atoms with van der Waals surface area (Å²) in [5, 5.41) is 0. The minimum Gasteiger partial charge on any atom is -0.330 e. The van der Waals surface area contributed by atoms with Crippen LogP contribution < -0.4 is 5.73 Å². The van der Waals surface area contributed by atoms with Crippen LogP contribution in [0, 0.1) is 12.8 Å². The van der Waals surface area contributed by atoms with E-state index in [4.69, 9.17) is 10.7 Å². The third-order valence-electron chi connectivity index (χ3n) is 2.90. The summed E-state index contributed by atoms with van der Waals surface area (Å²) < 4.78 is 2.31. The molecule has 92 valence electrons. The smallest absolute Gasteiger partial charge is 0.111 e. The molecule has 2 aromatic rings. The van der Waals surface area contributed by atoms with Crippen molar-refractivity contribution in [3.05, 3.63) is 29.6 Å². The van der Waals surface area contributed by atoms with Crippen molar-refractivity contribution in [2.24, 2.45) is 11.7 Å². The molecule has 0 fully saturated rings. The van der Waals surface area contributed by atoms with Crippen LogP contribution in [0.1, 0.15) is 25.2 Å².